The molecular weight excluding hydrogens is 428 g/mol. The predicted molar refractivity (Wildman–Crippen MR) is 137 cm³/mol. The van der Waals surface area contributed by atoms with Gasteiger partial charge < -0.3 is 10.4 Å². The standard InChI is InChI=1S/C28H38N2O4/c1-2-3-4-5-8-11-19-29-24-18-17-23-26-21(24)14-13-15-22(26)27(33)30(28(23)34)20-12-9-6-7-10-16-25(31)32/h13-15,17-18,29H,2-12,16,19-20H2,1H3,(H,31,32). The van der Waals surface area contributed by atoms with E-state index in [0.717, 1.165) is 55.1 Å². The van der Waals surface area contributed by atoms with E-state index in [1.54, 1.807) is 0 Å². The summed E-state index contributed by atoms with van der Waals surface area (Å²) in [5, 5.41) is 13.9. The number of nitrogens with one attached hydrogen (secondary N) is 1. The second-order valence-corrected chi connectivity index (χ2v) is 9.26. The molecule has 1 heterocycles. The van der Waals surface area contributed by atoms with Crippen LogP contribution < -0.4 is 5.32 Å². The van der Waals surface area contributed by atoms with Gasteiger partial charge in [0.25, 0.3) is 11.8 Å². The average molecular weight is 467 g/mol. The molecule has 0 radical (unpaired) electrons. The number of carboxylic acid groups (broad SMARTS) is 1. The van der Waals surface area contributed by atoms with Gasteiger partial charge in [-0.1, -0.05) is 70.4 Å². The highest BCUT2D eigenvalue weighted by molar-refractivity contribution is 6.26. The summed E-state index contributed by atoms with van der Waals surface area (Å²) in [6.07, 6.45) is 11.6. The van der Waals surface area contributed by atoms with Gasteiger partial charge in [0, 0.05) is 47.1 Å². The first-order valence-electron chi connectivity index (χ1n) is 12.9. The molecule has 1 aliphatic heterocycles. The zero-order chi connectivity index (χ0) is 24.3. The van der Waals surface area contributed by atoms with Crippen LogP contribution in [0.4, 0.5) is 5.69 Å². The summed E-state index contributed by atoms with van der Waals surface area (Å²) < 4.78 is 0. The molecule has 2 amide bonds. The number of nitrogens with zero attached hydrogens (tertiary/aromatic N) is 1. The first-order valence-corrected chi connectivity index (χ1v) is 12.9. The topological polar surface area (TPSA) is 86.7 Å². The third-order valence-electron chi connectivity index (χ3n) is 6.61. The van der Waals surface area contributed by atoms with Crippen molar-refractivity contribution in [1.29, 1.82) is 0 Å². The summed E-state index contributed by atoms with van der Waals surface area (Å²) in [5.74, 6) is -1.21. The fourth-order valence-electron chi connectivity index (χ4n) is 4.71. The zero-order valence-corrected chi connectivity index (χ0v) is 20.4. The Morgan fingerprint density at radius 1 is 0.824 bits per heavy atom. The number of hydrogen-bond donors (Lipinski definition) is 2. The van der Waals surface area contributed by atoms with Crippen LogP contribution in [0.15, 0.2) is 30.3 Å². The molecule has 0 aromatic heterocycles. The molecule has 6 nitrogen and oxygen atoms in total. The first kappa shape index (κ1) is 25.7. The Bertz CT molecular complexity index is 979. The Morgan fingerprint density at radius 3 is 2.21 bits per heavy atom. The number of rotatable bonds is 16. The fourth-order valence-corrected chi connectivity index (χ4v) is 4.71. The van der Waals surface area contributed by atoms with Crippen LogP contribution in [0, 0.1) is 0 Å². The summed E-state index contributed by atoms with van der Waals surface area (Å²) in [5.41, 5.74) is 2.16. The van der Waals surface area contributed by atoms with Gasteiger partial charge >= 0.3 is 5.97 Å². The summed E-state index contributed by atoms with van der Waals surface area (Å²) in [7, 11) is 0. The lowest BCUT2D eigenvalue weighted by Gasteiger charge is -2.28. The molecule has 0 saturated heterocycles. The molecule has 2 N–H and O–H groups in total. The van der Waals surface area contributed by atoms with Gasteiger partial charge in [0.05, 0.1) is 0 Å². The average Bonchev–Trinajstić information content (AvgIpc) is 2.83. The molecule has 6 heteroatoms. The molecule has 0 spiro atoms. The lowest BCUT2D eigenvalue weighted by molar-refractivity contribution is -0.137. The smallest absolute Gasteiger partial charge is 0.303 e. The van der Waals surface area contributed by atoms with E-state index in [0.29, 0.717) is 24.1 Å². The van der Waals surface area contributed by atoms with Crippen molar-refractivity contribution >= 4 is 34.2 Å². The van der Waals surface area contributed by atoms with Gasteiger partial charge in [-0.25, -0.2) is 0 Å². The number of aliphatic carboxylic acids is 1. The van der Waals surface area contributed by atoms with Crippen molar-refractivity contribution < 1.29 is 19.5 Å². The second kappa shape index (κ2) is 13.1. The van der Waals surface area contributed by atoms with Gasteiger partial charge in [-0.3, -0.25) is 19.3 Å². The molecule has 2 aromatic carbocycles. The SMILES string of the molecule is CCCCCCCCNc1ccc2c3c(cccc13)C(=O)N(CCCCCCCC(=O)O)C2=O. The summed E-state index contributed by atoms with van der Waals surface area (Å²) in [6, 6.07) is 9.51. The predicted octanol–water partition coefficient (Wildman–Crippen LogP) is 6.63. The normalized spacial score (nSPS) is 13.0. The van der Waals surface area contributed by atoms with Crippen molar-refractivity contribution in [2.75, 3.05) is 18.4 Å². The molecular formula is C28H38N2O4. The maximum atomic E-state index is 13.2. The minimum absolute atomic E-state index is 0.194. The number of carbonyl (C=O) groups is 3. The molecule has 3 rings (SSSR count). The Labute approximate surface area is 202 Å². The molecule has 0 unspecified atom stereocenters. The first-order chi connectivity index (χ1) is 16.5. The quantitative estimate of drug-likeness (QED) is 0.214. The molecule has 0 aliphatic carbocycles. The molecule has 0 saturated carbocycles. The van der Waals surface area contributed by atoms with E-state index in [9.17, 15) is 14.4 Å². The fraction of sp³-hybridized carbons (Fsp3) is 0.536. The Balaban J connectivity index is 1.60. The molecule has 2 aromatic rings. The monoisotopic (exact) mass is 466 g/mol. The maximum Gasteiger partial charge on any atom is 0.303 e. The molecule has 0 fully saturated rings. The van der Waals surface area contributed by atoms with E-state index < -0.39 is 5.97 Å². The second-order valence-electron chi connectivity index (χ2n) is 9.26. The van der Waals surface area contributed by atoms with E-state index in [-0.39, 0.29) is 18.2 Å². The van der Waals surface area contributed by atoms with Crippen molar-refractivity contribution in [3.63, 3.8) is 0 Å². The molecule has 184 valence electrons. The van der Waals surface area contributed by atoms with Crippen molar-refractivity contribution in [1.82, 2.24) is 4.90 Å². The van der Waals surface area contributed by atoms with Crippen LogP contribution in [0.2, 0.25) is 0 Å². The number of hydrogen-bond acceptors (Lipinski definition) is 4. The minimum atomic E-state index is -0.766. The Hall–Kier alpha value is -2.89. The van der Waals surface area contributed by atoms with Gasteiger partial charge in [-0.05, 0) is 37.5 Å². The number of unbranched alkanes of at least 4 members (excludes halogenated alkanes) is 9. The third kappa shape index (κ3) is 6.58. The summed E-state index contributed by atoms with van der Waals surface area (Å²) in [4.78, 5) is 38.3. The molecule has 34 heavy (non-hydrogen) atoms. The van der Waals surface area contributed by atoms with Crippen LogP contribution in [-0.4, -0.2) is 40.9 Å². The largest absolute Gasteiger partial charge is 0.481 e. The van der Waals surface area contributed by atoms with Crippen molar-refractivity contribution in [2.45, 2.75) is 84.0 Å². The Morgan fingerprint density at radius 2 is 1.47 bits per heavy atom. The van der Waals surface area contributed by atoms with E-state index in [2.05, 4.69) is 12.2 Å². The van der Waals surface area contributed by atoms with Crippen molar-refractivity contribution in [2.24, 2.45) is 0 Å². The highest BCUT2D eigenvalue weighted by Gasteiger charge is 2.32. The van der Waals surface area contributed by atoms with E-state index in [4.69, 9.17) is 5.11 Å². The Kier molecular flexibility index (Phi) is 9.92. The maximum absolute atomic E-state index is 13.2. The van der Waals surface area contributed by atoms with Gasteiger partial charge in [0.1, 0.15) is 0 Å². The van der Waals surface area contributed by atoms with Crippen LogP contribution in [0.25, 0.3) is 10.8 Å². The van der Waals surface area contributed by atoms with Crippen LogP contribution in [0.3, 0.4) is 0 Å². The number of amides is 2. The van der Waals surface area contributed by atoms with E-state index in [1.165, 1.54) is 37.0 Å². The van der Waals surface area contributed by atoms with Gasteiger partial charge in [-0.15, -0.1) is 0 Å². The van der Waals surface area contributed by atoms with E-state index in [1.807, 2.05) is 30.3 Å². The third-order valence-corrected chi connectivity index (χ3v) is 6.61. The zero-order valence-electron chi connectivity index (χ0n) is 20.4. The van der Waals surface area contributed by atoms with Crippen molar-refractivity contribution in [3.05, 3.63) is 41.5 Å². The lowest BCUT2D eigenvalue weighted by atomic mass is 9.92. The molecule has 0 bridgehead atoms. The summed E-state index contributed by atoms with van der Waals surface area (Å²) >= 11 is 0. The van der Waals surface area contributed by atoms with Gasteiger partial charge in [0.15, 0.2) is 0 Å². The molecule has 1 aliphatic rings. The van der Waals surface area contributed by atoms with Gasteiger partial charge in [-0.2, -0.15) is 0 Å². The number of imide groups is 1. The van der Waals surface area contributed by atoms with Crippen LogP contribution in [0.1, 0.15) is 105 Å². The highest BCUT2D eigenvalue weighted by atomic mass is 16.4. The van der Waals surface area contributed by atoms with Gasteiger partial charge in [0.2, 0.25) is 0 Å². The van der Waals surface area contributed by atoms with Crippen molar-refractivity contribution in [3.8, 4) is 0 Å². The summed E-state index contributed by atoms with van der Waals surface area (Å²) in [6.45, 7) is 3.50. The number of anilines is 1. The number of carbonyl (C=O) groups excluding carboxylic acids is 2. The van der Waals surface area contributed by atoms with Crippen LogP contribution in [0.5, 0.6) is 0 Å². The highest BCUT2D eigenvalue weighted by Crippen LogP contribution is 2.34. The minimum Gasteiger partial charge on any atom is -0.481 e. The number of carboxylic acids is 1. The van der Waals surface area contributed by atoms with Crippen LogP contribution in [-0.2, 0) is 4.79 Å². The van der Waals surface area contributed by atoms with E-state index >= 15 is 0 Å². The molecule has 0 atom stereocenters. The lowest BCUT2D eigenvalue weighted by Crippen LogP contribution is -2.40. The number of benzene rings is 2. The van der Waals surface area contributed by atoms with Crippen LogP contribution >= 0.6 is 0 Å².